The molecule has 0 atom stereocenters. The largest absolute Gasteiger partial charge is 0.494 e. The van der Waals surface area contributed by atoms with Gasteiger partial charge in [0.1, 0.15) is 22.6 Å². The molecule has 1 heterocycles. The second-order valence-electron chi connectivity index (χ2n) is 6.85. The zero-order chi connectivity index (χ0) is 20.9. The Morgan fingerprint density at radius 1 is 1.00 bits per heavy atom. The molecule has 0 fully saturated rings. The first-order valence-electron chi connectivity index (χ1n) is 9.79. The Morgan fingerprint density at radius 3 is 2.47 bits per heavy atom. The summed E-state index contributed by atoms with van der Waals surface area (Å²) in [5.74, 6) is 0.209. The molecule has 152 valence electrons. The van der Waals surface area contributed by atoms with Gasteiger partial charge in [0, 0.05) is 11.3 Å². The minimum atomic E-state index is -0.319. The van der Waals surface area contributed by atoms with Crippen LogP contribution >= 0.6 is 0 Å². The average Bonchev–Trinajstić information content (AvgIpc) is 3.18. The molecule has 1 aromatic heterocycles. The van der Waals surface area contributed by atoms with Crippen LogP contribution in [-0.2, 0) is 0 Å². The van der Waals surface area contributed by atoms with Gasteiger partial charge in [0.25, 0.3) is 5.91 Å². The van der Waals surface area contributed by atoms with Gasteiger partial charge >= 0.3 is 0 Å². The summed E-state index contributed by atoms with van der Waals surface area (Å²) in [7, 11) is 0. The van der Waals surface area contributed by atoms with Gasteiger partial charge in [-0.3, -0.25) is 4.79 Å². The maximum atomic E-state index is 13.1. The van der Waals surface area contributed by atoms with Gasteiger partial charge in [-0.2, -0.15) is 4.80 Å². The molecule has 1 N–H and O–H groups in total. The van der Waals surface area contributed by atoms with Gasteiger partial charge in [0.15, 0.2) is 0 Å². The van der Waals surface area contributed by atoms with Crippen molar-refractivity contribution in [3.63, 3.8) is 0 Å². The van der Waals surface area contributed by atoms with E-state index in [1.54, 1.807) is 54.6 Å². The lowest BCUT2D eigenvalue weighted by molar-refractivity contribution is 0.102. The highest BCUT2D eigenvalue weighted by molar-refractivity contribution is 6.05. The molecule has 0 saturated carbocycles. The van der Waals surface area contributed by atoms with E-state index >= 15 is 0 Å². The third-order valence-corrected chi connectivity index (χ3v) is 4.58. The van der Waals surface area contributed by atoms with E-state index in [1.807, 2.05) is 0 Å². The zero-order valence-electron chi connectivity index (χ0n) is 16.5. The van der Waals surface area contributed by atoms with Gasteiger partial charge in [0.05, 0.1) is 12.3 Å². The van der Waals surface area contributed by atoms with Crippen LogP contribution in [0.2, 0.25) is 0 Å². The molecule has 0 aliphatic heterocycles. The normalized spacial score (nSPS) is 10.9. The first-order valence-corrected chi connectivity index (χ1v) is 9.79. The molecule has 4 rings (SSSR count). The molecule has 0 saturated heterocycles. The summed E-state index contributed by atoms with van der Waals surface area (Å²) in [6.07, 6.45) is 2.07. The molecular weight excluding hydrogens is 383 g/mol. The highest BCUT2D eigenvalue weighted by Crippen LogP contribution is 2.19. The van der Waals surface area contributed by atoms with E-state index < -0.39 is 0 Å². The molecule has 6 nitrogen and oxygen atoms in total. The number of rotatable bonds is 7. The number of carbonyl (C=O) groups excluding carboxylic acids is 1. The quantitative estimate of drug-likeness (QED) is 0.441. The summed E-state index contributed by atoms with van der Waals surface area (Å²) in [6.45, 7) is 2.78. The predicted molar refractivity (Wildman–Crippen MR) is 114 cm³/mol. The molecule has 0 aliphatic rings. The molecule has 0 spiro atoms. The van der Waals surface area contributed by atoms with Gasteiger partial charge in [-0.25, -0.2) is 4.39 Å². The number of benzene rings is 3. The Kier molecular flexibility index (Phi) is 5.70. The van der Waals surface area contributed by atoms with Crippen molar-refractivity contribution >= 4 is 22.6 Å². The van der Waals surface area contributed by atoms with Crippen LogP contribution in [0.5, 0.6) is 5.75 Å². The number of amides is 1. The number of fused-ring (bicyclic) bond motifs is 1. The summed E-state index contributed by atoms with van der Waals surface area (Å²) in [6, 6.07) is 18.3. The topological polar surface area (TPSA) is 69.0 Å². The fourth-order valence-electron chi connectivity index (χ4n) is 2.92. The lowest BCUT2D eigenvalue weighted by Crippen LogP contribution is -2.11. The second kappa shape index (κ2) is 8.73. The average molecular weight is 404 g/mol. The maximum absolute atomic E-state index is 13.1. The van der Waals surface area contributed by atoms with Crippen LogP contribution in [0.25, 0.3) is 16.7 Å². The number of carbonyl (C=O) groups is 1. The predicted octanol–water partition coefficient (Wildman–Crippen LogP) is 4.99. The van der Waals surface area contributed by atoms with Crippen molar-refractivity contribution in [1.29, 1.82) is 0 Å². The molecule has 1 amide bonds. The molecular formula is C23H21FN4O2. The number of halogens is 1. The minimum Gasteiger partial charge on any atom is -0.494 e. The van der Waals surface area contributed by atoms with Crippen LogP contribution in [0.1, 0.15) is 30.1 Å². The fourth-order valence-corrected chi connectivity index (χ4v) is 2.92. The zero-order valence-corrected chi connectivity index (χ0v) is 16.5. The monoisotopic (exact) mass is 404 g/mol. The summed E-state index contributed by atoms with van der Waals surface area (Å²) in [5, 5.41) is 11.7. The van der Waals surface area contributed by atoms with E-state index in [1.165, 1.54) is 16.9 Å². The summed E-state index contributed by atoms with van der Waals surface area (Å²) < 4.78 is 18.7. The van der Waals surface area contributed by atoms with Crippen molar-refractivity contribution in [2.45, 2.75) is 19.8 Å². The van der Waals surface area contributed by atoms with Gasteiger partial charge < -0.3 is 10.1 Å². The Morgan fingerprint density at radius 2 is 1.73 bits per heavy atom. The summed E-state index contributed by atoms with van der Waals surface area (Å²) in [4.78, 5) is 14.0. The minimum absolute atomic E-state index is 0.222. The van der Waals surface area contributed by atoms with Crippen molar-refractivity contribution in [2.75, 3.05) is 11.9 Å². The number of anilines is 1. The highest BCUT2D eigenvalue weighted by atomic mass is 19.1. The molecule has 4 aromatic rings. The van der Waals surface area contributed by atoms with E-state index in [2.05, 4.69) is 22.4 Å². The molecule has 0 aliphatic carbocycles. The Balaban J connectivity index is 1.46. The number of unbranched alkanes of at least 4 members (excludes halogenated alkanes) is 1. The van der Waals surface area contributed by atoms with Gasteiger partial charge in [-0.15, -0.1) is 10.2 Å². The Hall–Kier alpha value is -3.74. The van der Waals surface area contributed by atoms with Crippen LogP contribution in [0.3, 0.4) is 0 Å². The van der Waals surface area contributed by atoms with Crippen LogP contribution in [-0.4, -0.2) is 27.5 Å². The SMILES string of the molecule is CCCCOc1ccc(C(=O)Nc2ccc3nn(-c4ccc(F)cc4)nc3c2)cc1. The Labute approximate surface area is 173 Å². The number of ether oxygens (including phenoxy) is 1. The first kappa shape index (κ1) is 19.6. The Bertz CT molecular complexity index is 1150. The molecule has 0 bridgehead atoms. The summed E-state index contributed by atoms with van der Waals surface area (Å²) in [5.41, 5.74) is 3.09. The number of nitrogens with zero attached hydrogens (tertiary/aromatic N) is 3. The van der Waals surface area contributed by atoms with Crippen molar-refractivity contribution in [3.05, 3.63) is 78.1 Å². The second-order valence-corrected chi connectivity index (χ2v) is 6.85. The van der Waals surface area contributed by atoms with E-state index in [0.717, 1.165) is 18.6 Å². The van der Waals surface area contributed by atoms with E-state index in [9.17, 15) is 9.18 Å². The lowest BCUT2D eigenvalue weighted by atomic mass is 10.2. The van der Waals surface area contributed by atoms with Crippen LogP contribution in [0, 0.1) is 5.82 Å². The summed E-state index contributed by atoms with van der Waals surface area (Å²) >= 11 is 0. The van der Waals surface area contributed by atoms with Gasteiger partial charge in [-0.05, 0) is 73.2 Å². The molecule has 7 heteroatoms. The van der Waals surface area contributed by atoms with Gasteiger partial charge in [0.2, 0.25) is 0 Å². The number of hydrogen-bond donors (Lipinski definition) is 1. The van der Waals surface area contributed by atoms with E-state index in [-0.39, 0.29) is 11.7 Å². The van der Waals surface area contributed by atoms with E-state index in [4.69, 9.17) is 4.74 Å². The molecule has 3 aromatic carbocycles. The third kappa shape index (κ3) is 4.46. The van der Waals surface area contributed by atoms with Crippen molar-refractivity contribution in [2.24, 2.45) is 0 Å². The first-order chi connectivity index (χ1) is 14.6. The molecule has 30 heavy (non-hydrogen) atoms. The standard InChI is InChI=1S/C23H21FN4O2/c1-2-3-14-30-20-11-4-16(5-12-20)23(29)25-18-8-13-21-22(15-18)27-28(26-21)19-9-6-17(24)7-10-19/h4-13,15H,2-3,14H2,1H3,(H,25,29). The maximum Gasteiger partial charge on any atom is 0.255 e. The van der Waals surface area contributed by atoms with Crippen molar-refractivity contribution < 1.29 is 13.9 Å². The smallest absolute Gasteiger partial charge is 0.255 e. The fraction of sp³-hybridized carbons (Fsp3) is 0.174. The molecule has 0 unspecified atom stereocenters. The van der Waals surface area contributed by atoms with Crippen molar-refractivity contribution in [1.82, 2.24) is 15.0 Å². The van der Waals surface area contributed by atoms with Crippen LogP contribution in [0.15, 0.2) is 66.7 Å². The number of nitrogens with one attached hydrogen (secondary N) is 1. The number of aromatic nitrogens is 3. The van der Waals surface area contributed by atoms with Crippen LogP contribution < -0.4 is 10.1 Å². The van der Waals surface area contributed by atoms with Gasteiger partial charge in [-0.1, -0.05) is 13.3 Å². The number of hydrogen-bond acceptors (Lipinski definition) is 4. The highest BCUT2D eigenvalue weighted by Gasteiger charge is 2.10. The third-order valence-electron chi connectivity index (χ3n) is 4.58. The molecule has 0 radical (unpaired) electrons. The lowest BCUT2D eigenvalue weighted by Gasteiger charge is -2.07. The van der Waals surface area contributed by atoms with Crippen LogP contribution in [0.4, 0.5) is 10.1 Å². The van der Waals surface area contributed by atoms with Crippen molar-refractivity contribution in [3.8, 4) is 11.4 Å². The van der Waals surface area contributed by atoms with E-state index in [0.29, 0.717) is 34.6 Å².